The maximum absolute atomic E-state index is 5.96. The van der Waals surface area contributed by atoms with Crippen LogP contribution in [0.2, 0.25) is 0 Å². The van der Waals surface area contributed by atoms with E-state index in [1.807, 2.05) is 25.2 Å². The average Bonchev–Trinajstić information content (AvgIpc) is 3.06. The van der Waals surface area contributed by atoms with Crippen molar-refractivity contribution >= 4 is 21.7 Å². The number of fused-ring (bicyclic) bond motifs is 2. The predicted molar refractivity (Wildman–Crippen MR) is 102 cm³/mol. The molecule has 3 aromatic carbocycles. The minimum absolute atomic E-state index is 0.633. The summed E-state index contributed by atoms with van der Waals surface area (Å²) in [5.74, 6) is 0.886. The molecule has 4 rings (SSSR count). The fourth-order valence-corrected chi connectivity index (χ4v) is 3.25. The molecule has 0 saturated carbocycles. The summed E-state index contributed by atoms with van der Waals surface area (Å²) in [5.41, 5.74) is 3.32. The van der Waals surface area contributed by atoms with Gasteiger partial charge in [0.15, 0.2) is 0 Å². The van der Waals surface area contributed by atoms with Gasteiger partial charge in [0.05, 0.1) is 16.6 Å². The van der Waals surface area contributed by atoms with Gasteiger partial charge in [-0.1, -0.05) is 48.5 Å². The zero-order valence-electron chi connectivity index (χ0n) is 14.3. The quantitative estimate of drug-likeness (QED) is 0.527. The van der Waals surface area contributed by atoms with E-state index >= 15 is 0 Å². The Bertz CT molecular complexity index is 1000. The zero-order chi connectivity index (χ0) is 17.1. The molecule has 2 N–H and O–H groups in total. The van der Waals surface area contributed by atoms with E-state index in [0.29, 0.717) is 6.61 Å². The van der Waals surface area contributed by atoms with Crippen molar-refractivity contribution in [2.24, 2.45) is 0 Å². The van der Waals surface area contributed by atoms with Gasteiger partial charge in [0.2, 0.25) is 0 Å². The first-order chi connectivity index (χ1) is 12.4. The Kier molecular flexibility index (Phi) is 4.36. The third kappa shape index (κ3) is 3.08. The smallest absolute Gasteiger partial charge is 0.130 e. The highest BCUT2D eigenvalue weighted by molar-refractivity contribution is 5.90. The van der Waals surface area contributed by atoms with Crippen LogP contribution < -0.4 is 10.1 Å². The van der Waals surface area contributed by atoms with Crippen molar-refractivity contribution in [1.82, 2.24) is 15.5 Å². The van der Waals surface area contributed by atoms with Crippen LogP contribution in [0, 0.1) is 0 Å². The Labute approximate surface area is 146 Å². The highest BCUT2D eigenvalue weighted by atomic mass is 16.5. The van der Waals surface area contributed by atoms with Crippen molar-refractivity contribution < 1.29 is 4.74 Å². The highest BCUT2D eigenvalue weighted by Gasteiger charge is 2.13. The Morgan fingerprint density at radius 1 is 1.00 bits per heavy atom. The molecule has 0 saturated heterocycles. The third-order valence-corrected chi connectivity index (χ3v) is 4.47. The van der Waals surface area contributed by atoms with Crippen LogP contribution in [0.4, 0.5) is 0 Å². The fraction of sp³-hybridized carbons (Fsp3) is 0.190. The molecule has 0 aliphatic carbocycles. The average molecular weight is 331 g/mol. The summed E-state index contributed by atoms with van der Waals surface area (Å²) < 4.78 is 5.96. The van der Waals surface area contributed by atoms with E-state index in [1.165, 1.54) is 16.3 Å². The summed E-state index contributed by atoms with van der Waals surface area (Å²) in [7, 11) is 1.92. The molecule has 0 bridgehead atoms. The van der Waals surface area contributed by atoms with Crippen molar-refractivity contribution in [3.05, 3.63) is 71.9 Å². The largest absolute Gasteiger partial charge is 0.491 e. The number of benzene rings is 3. The minimum Gasteiger partial charge on any atom is -0.491 e. The maximum Gasteiger partial charge on any atom is 0.130 e. The summed E-state index contributed by atoms with van der Waals surface area (Å²) in [4.78, 5) is 0. The van der Waals surface area contributed by atoms with Gasteiger partial charge in [0, 0.05) is 13.0 Å². The lowest BCUT2D eigenvalue weighted by Gasteiger charge is -2.09. The first kappa shape index (κ1) is 15.7. The van der Waals surface area contributed by atoms with Crippen molar-refractivity contribution in [1.29, 1.82) is 0 Å². The number of H-pyrrole nitrogens is 1. The fourth-order valence-electron chi connectivity index (χ4n) is 3.25. The number of aromatic nitrogens is 2. The molecular weight excluding hydrogens is 310 g/mol. The monoisotopic (exact) mass is 331 g/mol. The molecule has 1 aromatic heterocycles. The Morgan fingerprint density at radius 2 is 1.84 bits per heavy atom. The van der Waals surface area contributed by atoms with Crippen molar-refractivity contribution in [3.63, 3.8) is 0 Å². The molecule has 0 spiro atoms. The van der Waals surface area contributed by atoms with Gasteiger partial charge in [0.1, 0.15) is 12.4 Å². The summed E-state index contributed by atoms with van der Waals surface area (Å²) >= 11 is 0. The van der Waals surface area contributed by atoms with Gasteiger partial charge in [-0.05, 0) is 35.5 Å². The normalized spacial score (nSPS) is 11.2. The van der Waals surface area contributed by atoms with E-state index in [4.69, 9.17) is 4.74 Å². The second-order valence-electron chi connectivity index (χ2n) is 6.12. The zero-order valence-corrected chi connectivity index (χ0v) is 14.3. The minimum atomic E-state index is 0.633. The molecule has 0 fully saturated rings. The van der Waals surface area contributed by atoms with E-state index in [1.54, 1.807) is 0 Å². The van der Waals surface area contributed by atoms with Crippen molar-refractivity contribution in [3.8, 4) is 5.75 Å². The van der Waals surface area contributed by atoms with E-state index in [9.17, 15) is 0 Å². The molecule has 0 atom stereocenters. The van der Waals surface area contributed by atoms with Crippen LogP contribution in [0.5, 0.6) is 5.75 Å². The number of aromatic amines is 1. The topological polar surface area (TPSA) is 49.9 Å². The molecule has 4 aromatic rings. The molecule has 0 radical (unpaired) electrons. The van der Waals surface area contributed by atoms with Crippen LogP contribution >= 0.6 is 0 Å². The SMILES string of the molecule is CNCCOc1cccc2n[nH]c(Cc3cccc4ccccc34)c12. The van der Waals surface area contributed by atoms with Crippen molar-refractivity contribution in [2.75, 3.05) is 20.2 Å². The summed E-state index contributed by atoms with van der Waals surface area (Å²) in [6.07, 6.45) is 0.796. The second kappa shape index (κ2) is 6.95. The van der Waals surface area contributed by atoms with E-state index in [2.05, 4.69) is 58.0 Å². The Hall–Kier alpha value is -2.85. The standard InChI is InChI=1S/C21H21N3O/c1-22-12-13-25-20-11-5-10-18-21(20)19(24-23-18)14-16-8-4-7-15-6-2-3-9-17(15)16/h2-11,22H,12-14H2,1H3,(H,23,24). The molecule has 0 unspecified atom stereocenters. The van der Waals surface area contributed by atoms with Gasteiger partial charge in [-0.25, -0.2) is 0 Å². The number of nitrogens with zero attached hydrogens (tertiary/aromatic N) is 1. The molecule has 0 aliphatic rings. The van der Waals surface area contributed by atoms with Crippen LogP contribution in [0.25, 0.3) is 21.7 Å². The summed E-state index contributed by atoms with van der Waals surface area (Å²) in [6, 6.07) is 20.9. The van der Waals surface area contributed by atoms with Gasteiger partial charge >= 0.3 is 0 Å². The number of ether oxygens (including phenoxy) is 1. The predicted octanol–water partition coefficient (Wildman–Crippen LogP) is 3.91. The molecule has 0 amide bonds. The lowest BCUT2D eigenvalue weighted by atomic mass is 9.99. The first-order valence-electron chi connectivity index (χ1n) is 8.57. The third-order valence-electron chi connectivity index (χ3n) is 4.47. The summed E-state index contributed by atoms with van der Waals surface area (Å²) in [6.45, 7) is 1.45. The molecule has 25 heavy (non-hydrogen) atoms. The Balaban J connectivity index is 1.74. The van der Waals surface area contributed by atoms with Crippen LogP contribution in [0.1, 0.15) is 11.3 Å². The lowest BCUT2D eigenvalue weighted by molar-refractivity contribution is 0.322. The van der Waals surface area contributed by atoms with Gasteiger partial charge in [-0.2, -0.15) is 5.10 Å². The van der Waals surface area contributed by atoms with Crippen LogP contribution in [0.3, 0.4) is 0 Å². The van der Waals surface area contributed by atoms with Gasteiger partial charge < -0.3 is 10.1 Å². The first-order valence-corrected chi connectivity index (χ1v) is 8.57. The van der Waals surface area contributed by atoms with E-state index < -0.39 is 0 Å². The number of hydrogen-bond acceptors (Lipinski definition) is 3. The van der Waals surface area contributed by atoms with Gasteiger partial charge in [0.25, 0.3) is 0 Å². The van der Waals surface area contributed by atoms with E-state index in [-0.39, 0.29) is 0 Å². The van der Waals surface area contributed by atoms with E-state index in [0.717, 1.165) is 35.3 Å². The highest BCUT2D eigenvalue weighted by Crippen LogP contribution is 2.30. The van der Waals surface area contributed by atoms with Gasteiger partial charge in [-0.15, -0.1) is 0 Å². The molecule has 126 valence electrons. The van der Waals surface area contributed by atoms with Crippen LogP contribution in [-0.4, -0.2) is 30.4 Å². The number of likely N-dealkylation sites (N-methyl/N-ethyl adjacent to an activating group) is 1. The van der Waals surface area contributed by atoms with Gasteiger partial charge in [-0.3, -0.25) is 5.10 Å². The molecule has 4 nitrogen and oxygen atoms in total. The Morgan fingerprint density at radius 3 is 2.76 bits per heavy atom. The molecular formula is C21H21N3O. The number of nitrogens with one attached hydrogen (secondary N) is 2. The maximum atomic E-state index is 5.96. The number of hydrogen-bond donors (Lipinski definition) is 2. The van der Waals surface area contributed by atoms with Crippen molar-refractivity contribution in [2.45, 2.75) is 6.42 Å². The lowest BCUT2D eigenvalue weighted by Crippen LogP contribution is -2.16. The van der Waals surface area contributed by atoms with Crippen LogP contribution in [0.15, 0.2) is 60.7 Å². The summed E-state index contributed by atoms with van der Waals surface area (Å²) in [5, 5.41) is 14.4. The second-order valence-corrected chi connectivity index (χ2v) is 6.12. The van der Waals surface area contributed by atoms with Crippen LogP contribution in [-0.2, 0) is 6.42 Å². The molecule has 4 heteroatoms. The molecule has 1 heterocycles. The molecule has 0 aliphatic heterocycles. The number of rotatable bonds is 6.